The van der Waals surface area contributed by atoms with Crippen LogP contribution in [0.4, 0.5) is 17.6 Å². The van der Waals surface area contributed by atoms with Crippen molar-refractivity contribution in [1.29, 1.82) is 0 Å². The fourth-order valence-corrected chi connectivity index (χ4v) is 3.25. The summed E-state index contributed by atoms with van der Waals surface area (Å²) in [5.41, 5.74) is 14.6. The molecule has 0 amide bonds. The highest BCUT2D eigenvalue weighted by Crippen LogP contribution is 2.29. The maximum atomic E-state index is 5.99. The number of benzene rings is 1. The molecular weight excluding hydrogens is 276 g/mol. The molecule has 1 aromatic carbocycles. The maximum absolute atomic E-state index is 5.99. The van der Waals surface area contributed by atoms with Crippen LogP contribution in [-0.4, -0.2) is 29.1 Å². The summed E-state index contributed by atoms with van der Waals surface area (Å²) >= 11 is 0. The lowest BCUT2D eigenvalue weighted by molar-refractivity contribution is 0.751. The van der Waals surface area contributed by atoms with E-state index in [0.29, 0.717) is 5.95 Å². The first-order valence-corrected chi connectivity index (χ1v) is 7.66. The van der Waals surface area contributed by atoms with Crippen molar-refractivity contribution in [3.63, 3.8) is 0 Å². The fraction of sp³-hybridized carbons (Fsp3) is 0.375. The molecule has 22 heavy (non-hydrogen) atoms. The van der Waals surface area contributed by atoms with Crippen molar-refractivity contribution in [3.8, 4) is 0 Å². The Labute approximate surface area is 129 Å². The molecule has 3 heterocycles. The molecule has 2 aliphatic rings. The van der Waals surface area contributed by atoms with E-state index < -0.39 is 0 Å². The topological polar surface area (TPSA) is 84.3 Å². The van der Waals surface area contributed by atoms with Crippen LogP contribution in [-0.2, 0) is 13.1 Å². The molecule has 4 N–H and O–H groups in total. The molecule has 6 nitrogen and oxygen atoms in total. The number of aromatic nitrogens is 2. The first-order chi connectivity index (χ1) is 10.7. The first kappa shape index (κ1) is 13.3. The minimum atomic E-state index is 0.218. The van der Waals surface area contributed by atoms with Gasteiger partial charge in [0.1, 0.15) is 11.6 Å². The van der Waals surface area contributed by atoms with Crippen LogP contribution in [0.2, 0.25) is 0 Å². The second kappa shape index (κ2) is 5.14. The van der Waals surface area contributed by atoms with Crippen LogP contribution in [0.1, 0.15) is 17.5 Å². The van der Waals surface area contributed by atoms with Crippen molar-refractivity contribution in [2.24, 2.45) is 5.73 Å². The molecule has 1 unspecified atom stereocenters. The Hall–Kier alpha value is -2.34. The van der Waals surface area contributed by atoms with Crippen LogP contribution >= 0.6 is 0 Å². The second-order valence-corrected chi connectivity index (χ2v) is 6.06. The SMILES string of the molecule is Nc1nc(N2Cc3ccccc3C2)cc(N2CCC(N)C2)n1. The summed E-state index contributed by atoms with van der Waals surface area (Å²) in [6, 6.07) is 10.7. The standard InChI is InChI=1S/C16H20N6/c17-13-5-6-21(10-13)14-7-15(20-16(18)19-14)22-8-11-3-1-2-4-12(11)9-22/h1-4,7,13H,5-6,8-10,17H2,(H2,18,19,20). The highest BCUT2D eigenvalue weighted by atomic mass is 15.3. The van der Waals surface area contributed by atoms with Gasteiger partial charge in [-0.15, -0.1) is 0 Å². The molecule has 2 aliphatic heterocycles. The molecule has 0 radical (unpaired) electrons. The Balaban J connectivity index is 1.62. The van der Waals surface area contributed by atoms with Gasteiger partial charge in [0.2, 0.25) is 5.95 Å². The van der Waals surface area contributed by atoms with E-state index in [0.717, 1.165) is 44.2 Å². The van der Waals surface area contributed by atoms with Crippen LogP contribution in [0.5, 0.6) is 0 Å². The van der Waals surface area contributed by atoms with Gasteiger partial charge < -0.3 is 21.3 Å². The average molecular weight is 296 g/mol. The zero-order valence-electron chi connectivity index (χ0n) is 12.4. The third kappa shape index (κ3) is 2.35. The Morgan fingerprint density at radius 3 is 2.23 bits per heavy atom. The summed E-state index contributed by atoms with van der Waals surface area (Å²) in [6.07, 6.45) is 0.994. The number of anilines is 3. The quantitative estimate of drug-likeness (QED) is 0.864. The zero-order chi connectivity index (χ0) is 15.1. The number of nitrogens with zero attached hydrogens (tertiary/aromatic N) is 4. The molecule has 1 aromatic heterocycles. The molecule has 0 spiro atoms. The van der Waals surface area contributed by atoms with Gasteiger partial charge in [0.15, 0.2) is 0 Å². The predicted molar refractivity (Wildman–Crippen MR) is 87.6 cm³/mol. The van der Waals surface area contributed by atoms with Gasteiger partial charge in [-0.05, 0) is 17.5 Å². The number of nitrogen functional groups attached to an aromatic ring is 1. The molecular formula is C16H20N6. The van der Waals surface area contributed by atoms with E-state index in [1.807, 2.05) is 6.07 Å². The van der Waals surface area contributed by atoms with Crippen LogP contribution in [0.3, 0.4) is 0 Å². The summed E-state index contributed by atoms with van der Waals surface area (Å²) in [5.74, 6) is 2.09. The first-order valence-electron chi connectivity index (χ1n) is 7.66. The van der Waals surface area contributed by atoms with E-state index in [1.165, 1.54) is 11.1 Å². The summed E-state index contributed by atoms with van der Waals surface area (Å²) < 4.78 is 0. The summed E-state index contributed by atoms with van der Waals surface area (Å²) in [6.45, 7) is 3.49. The predicted octanol–water partition coefficient (Wildman–Crippen LogP) is 1.12. The lowest BCUT2D eigenvalue weighted by Gasteiger charge is -2.21. The van der Waals surface area contributed by atoms with E-state index in [9.17, 15) is 0 Å². The molecule has 0 aliphatic carbocycles. The monoisotopic (exact) mass is 296 g/mol. The molecule has 0 saturated carbocycles. The van der Waals surface area contributed by atoms with Gasteiger partial charge >= 0.3 is 0 Å². The highest BCUT2D eigenvalue weighted by molar-refractivity contribution is 5.56. The lowest BCUT2D eigenvalue weighted by atomic mass is 10.1. The smallest absolute Gasteiger partial charge is 0.223 e. The summed E-state index contributed by atoms with van der Waals surface area (Å²) in [4.78, 5) is 13.2. The Morgan fingerprint density at radius 2 is 1.64 bits per heavy atom. The van der Waals surface area contributed by atoms with E-state index in [2.05, 4.69) is 44.0 Å². The molecule has 1 fully saturated rings. The molecule has 4 rings (SSSR count). The van der Waals surface area contributed by atoms with Crippen LogP contribution < -0.4 is 21.3 Å². The minimum Gasteiger partial charge on any atom is -0.368 e. The zero-order valence-corrected chi connectivity index (χ0v) is 12.4. The van der Waals surface area contributed by atoms with Gasteiger partial charge in [-0.2, -0.15) is 9.97 Å². The Morgan fingerprint density at radius 1 is 1.00 bits per heavy atom. The van der Waals surface area contributed by atoms with Crippen LogP contribution in [0.15, 0.2) is 30.3 Å². The number of rotatable bonds is 2. The second-order valence-electron chi connectivity index (χ2n) is 6.06. The van der Waals surface area contributed by atoms with Crippen LogP contribution in [0.25, 0.3) is 0 Å². The molecule has 0 bridgehead atoms. The van der Waals surface area contributed by atoms with Gasteiger partial charge in [-0.3, -0.25) is 0 Å². The summed E-state index contributed by atoms with van der Waals surface area (Å²) in [5, 5.41) is 0. The van der Waals surface area contributed by atoms with E-state index in [4.69, 9.17) is 11.5 Å². The lowest BCUT2D eigenvalue weighted by Crippen LogP contribution is -2.27. The van der Waals surface area contributed by atoms with Gasteiger partial charge in [0.05, 0.1) is 0 Å². The summed E-state index contributed by atoms with van der Waals surface area (Å²) in [7, 11) is 0. The number of nitrogens with two attached hydrogens (primary N) is 2. The van der Waals surface area contributed by atoms with Crippen molar-refractivity contribution in [3.05, 3.63) is 41.5 Å². The van der Waals surface area contributed by atoms with Gasteiger partial charge in [0, 0.05) is 38.3 Å². The van der Waals surface area contributed by atoms with Crippen molar-refractivity contribution in [1.82, 2.24) is 9.97 Å². The van der Waals surface area contributed by atoms with E-state index in [-0.39, 0.29) is 6.04 Å². The third-order valence-electron chi connectivity index (χ3n) is 4.43. The largest absolute Gasteiger partial charge is 0.368 e. The van der Waals surface area contributed by atoms with Crippen molar-refractivity contribution >= 4 is 17.6 Å². The maximum Gasteiger partial charge on any atom is 0.223 e. The average Bonchev–Trinajstić information content (AvgIpc) is 3.12. The molecule has 114 valence electrons. The van der Waals surface area contributed by atoms with Crippen LogP contribution in [0, 0.1) is 0 Å². The molecule has 1 saturated heterocycles. The van der Waals surface area contributed by atoms with Gasteiger partial charge in [-0.25, -0.2) is 0 Å². The number of hydrogen-bond donors (Lipinski definition) is 2. The molecule has 1 atom stereocenters. The van der Waals surface area contributed by atoms with Crippen molar-refractivity contribution < 1.29 is 0 Å². The van der Waals surface area contributed by atoms with E-state index >= 15 is 0 Å². The van der Waals surface area contributed by atoms with Gasteiger partial charge in [0.25, 0.3) is 0 Å². The Kier molecular flexibility index (Phi) is 3.11. The number of hydrogen-bond acceptors (Lipinski definition) is 6. The number of fused-ring (bicyclic) bond motifs is 1. The Bertz CT molecular complexity index is 676. The third-order valence-corrected chi connectivity index (χ3v) is 4.43. The van der Waals surface area contributed by atoms with Crippen molar-refractivity contribution in [2.75, 3.05) is 28.6 Å². The van der Waals surface area contributed by atoms with Crippen molar-refractivity contribution in [2.45, 2.75) is 25.6 Å². The fourth-order valence-electron chi connectivity index (χ4n) is 3.25. The van der Waals surface area contributed by atoms with E-state index in [1.54, 1.807) is 0 Å². The molecule has 6 heteroatoms. The van der Waals surface area contributed by atoms with Gasteiger partial charge in [-0.1, -0.05) is 24.3 Å². The highest BCUT2D eigenvalue weighted by Gasteiger charge is 2.24. The normalized spacial score (nSPS) is 20.5. The molecule has 2 aromatic rings. The minimum absolute atomic E-state index is 0.218.